The number of nitrogens with zero attached hydrogens (tertiary/aromatic N) is 4. The Balaban J connectivity index is 0.00000225. The highest BCUT2D eigenvalue weighted by Gasteiger charge is 2.20. The molecule has 0 aromatic heterocycles. The summed E-state index contributed by atoms with van der Waals surface area (Å²) in [6, 6.07) is 18.4. The van der Waals surface area contributed by atoms with Crippen LogP contribution in [0.1, 0.15) is 5.56 Å². The lowest BCUT2D eigenvalue weighted by molar-refractivity contribution is -0.887. The quantitative estimate of drug-likeness (QED) is 0.816. The minimum atomic E-state index is 0. The number of hydrogen-bond donors (Lipinski definition) is 2. The summed E-state index contributed by atoms with van der Waals surface area (Å²) >= 11 is 0. The highest BCUT2D eigenvalue weighted by atomic mass is 16.0. The van der Waals surface area contributed by atoms with Crippen molar-refractivity contribution in [2.24, 2.45) is 15.3 Å². The summed E-state index contributed by atoms with van der Waals surface area (Å²) in [4.78, 5) is 1.98. The van der Waals surface area contributed by atoms with Gasteiger partial charge in [0.05, 0.1) is 12.7 Å². The zero-order valence-corrected chi connectivity index (χ0v) is 14.6. The van der Waals surface area contributed by atoms with Gasteiger partial charge in [-0.15, -0.1) is 10.2 Å². The van der Waals surface area contributed by atoms with Crippen molar-refractivity contribution in [1.82, 2.24) is 4.90 Å². The number of hydrogen-bond acceptors (Lipinski definition) is 6. The van der Waals surface area contributed by atoms with Gasteiger partial charge in [-0.05, 0) is 41.4 Å². The van der Waals surface area contributed by atoms with Crippen LogP contribution in [-0.4, -0.2) is 43.6 Å². The molecule has 3 rings (SSSR count). The molecule has 0 amide bonds. The van der Waals surface area contributed by atoms with Crippen molar-refractivity contribution in [2.75, 3.05) is 32.6 Å². The molecule has 1 atom stereocenters. The van der Waals surface area contributed by atoms with Crippen molar-refractivity contribution in [3.63, 3.8) is 0 Å². The molecule has 0 aliphatic carbocycles. The molecule has 0 saturated carbocycles. The molecule has 3 N–H and O–H groups in total. The largest absolute Gasteiger partial charge is 0.870 e. The molecule has 1 heterocycles. The van der Waals surface area contributed by atoms with Crippen LogP contribution < -0.4 is 10.3 Å². The third kappa shape index (κ3) is 5.37. The molecular formula is C18H24N6O. The molecule has 0 fully saturated rings. The Hall–Kier alpha value is -2.77. The SMILES string of the molecule is CN1C[NH+](C)N=C1N=Nc1ccc(NCCc2ccccc2)cc1.[OH-]. The number of rotatable bonds is 5. The minimum Gasteiger partial charge on any atom is -0.870 e. The first-order valence-electron chi connectivity index (χ1n) is 8.12. The molecule has 1 aliphatic rings. The maximum atomic E-state index is 4.36. The minimum absolute atomic E-state index is 0. The van der Waals surface area contributed by atoms with Gasteiger partial charge in [-0.25, -0.2) is 0 Å². The van der Waals surface area contributed by atoms with Crippen molar-refractivity contribution in [2.45, 2.75) is 6.42 Å². The van der Waals surface area contributed by atoms with Crippen LogP contribution in [0.4, 0.5) is 11.4 Å². The lowest BCUT2D eigenvalue weighted by Gasteiger charge is -2.07. The zero-order valence-electron chi connectivity index (χ0n) is 14.6. The summed E-state index contributed by atoms with van der Waals surface area (Å²) in [7, 11) is 3.96. The van der Waals surface area contributed by atoms with Crippen LogP contribution in [0.15, 0.2) is 69.9 Å². The van der Waals surface area contributed by atoms with Gasteiger partial charge in [0, 0.05) is 19.3 Å². The molecule has 1 aliphatic heterocycles. The Kier molecular flexibility index (Phi) is 6.62. The van der Waals surface area contributed by atoms with Crippen LogP contribution in [0, 0.1) is 0 Å². The van der Waals surface area contributed by atoms with E-state index in [-0.39, 0.29) is 5.48 Å². The van der Waals surface area contributed by atoms with Crippen molar-refractivity contribution in [3.8, 4) is 0 Å². The van der Waals surface area contributed by atoms with E-state index in [4.69, 9.17) is 0 Å². The summed E-state index contributed by atoms with van der Waals surface area (Å²) in [5.74, 6) is 0.664. The van der Waals surface area contributed by atoms with Crippen molar-refractivity contribution in [1.29, 1.82) is 0 Å². The number of azo groups is 1. The summed E-state index contributed by atoms with van der Waals surface area (Å²) in [5, 5.41) is 17.3. The van der Waals surface area contributed by atoms with Crippen LogP contribution in [0.5, 0.6) is 0 Å². The summed E-state index contributed by atoms with van der Waals surface area (Å²) in [6.07, 6.45) is 1.00. The molecule has 0 saturated heterocycles. The molecule has 132 valence electrons. The van der Waals surface area contributed by atoms with E-state index in [0.717, 1.165) is 36.0 Å². The van der Waals surface area contributed by atoms with Crippen molar-refractivity contribution >= 4 is 17.3 Å². The first-order chi connectivity index (χ1) is 11.7. The second kappa shape index (κ2) is 8.91. The second-order valence-corrected chi connectivity index (χ2v) is 5.91. The van der Waals surface area contributed by atoms with E-state index < -0.39 is 0 Å². The van der Waals surface area contributed by atoms with E-state index in [1.807, 2.05) is 49.3 Å². The van der Waals surface area contributed by atoms with Gasteiger partial charge in [-0.3, -0.25) is 4.90 Å². The third-order valence-electron chi connectivity index (χ3n) is 3.81. The number of benzene rings is 2. The lowest BCUT2D eigenvalue weighted by Crippen LogP contribution is -3.03. The first kappa shape index (κ1) is 18.6. The van der Waals surface area contributed by atoms with E-state index in [0.29, 0.717) is 5.96 Å². The van der Waals surface area contributed by atoms with E-state index in [9.17, 15) is 0 Å². The van der Waals surface area contributed by atoms with E-state index in [1.165, 1.54) is 5.56 Å². The number of guanidine groups is 1. The first-order valence-corrected chi connectivity index (χ1v) is 8.12. The lowest BCUT2D eigenvalue weighted by atomic mass is 10.1. The maximum absolute atomic E-state index is 4.36. The Morgan fingerprint density at radius 1 is 1.08 bits per heavy atom. The number of quaternary nitrogens is 1. The average Bonchev–Trinajstić information content (AvgIpc) is 2.93. The van der Waals surface area contributed by atoms with Gasteiger partial charge in [0.1, 0.15) is 0 Å². The summed E-state index contributed by atoms with van der Waals surface area (Å²) < 4.78 is 0. The van der Waals surface area contributed by atoms with Crippen LogP contribution in [0.2, 0.25) is 0 Å². The smallest absolute Gasteiger partial charge is 0.301 e. The van der Waals surface area contributed by atoms with Gasteiger partial charge < -0.3 is 10.8 Å². The molecule has 0 radical (unpaired) electrons. The van der Waals surface area contributed by atoms with Gasteiger partial charge in [0.25, 0.3) is 0 Å². The highest BCUT2D eigenvalue weighted by Crippen LogP contribution is 2.17. The molecule has 0 spiro atoms. The molecule has 7 heteroatoms. The van der Waals surface area contributed by atoms with E-state index in [2.05, 4.69) is 44.9 Å². The average molecular weight is 340 g/mol. The standard InChI is InChI=1S/C18H22N6.H2O/c1-23-14-24(2)22-18(23)21-20-17-10-8-16(9-11-17)19-13-12-15-6-4-3-5-7-15;/h3-11,19H,12-14H2,1-2H3;1H2. The van der Waals surface area contributed by atoms with Gasteiger partial charge in [-0.1, -0.05) is 30.3 Å². The van der Waals surface area contributed by atoms with Gasteiger partial charge in [0.15, 0.2) is 6.67 Å². The zero-order chi connectivity index (χ0) is 16.8. The van der Waals surface area contributed by atoms with Gasteiger partial charge >= 0.3 is 5.96 Å². The Labute approximate surface area is 148 Å². The van der Waals surface area contributed by atoms with Gasteiger partial charge in [-0.2, -0.15) is 5.01 Å². The fraction of sp³-hybridized carbons (Fsp3) is 0.278. The predicted molar refractivity (Wildman–Crippen MR) is 98.5 cm³/mol. The molecule has 1 unspecified atom stereocenters. The Morgan fingerprint density at radius 2 is 1.80 bits per heavy atom. The number of nitrogens with one attached hydrogen (secondary N) is 2. The summed E-state index contributed by atoms with van der Waals surface area (Å²) in [6.45, 7) is 1.72. The molecule has 0 bridgehead atoms. The van der Waals surface area contributed by atoms with Gasteiger partial charge in [0.2, 0.25) is 0 Å². The topological polar surface area (TPSA) is 86.8 Å². The van der Waals surface area contributed by atoms with Crippen LogP contribution >= 0.6 is 0 Å². The van der Waals surface area contributed by atoms with Crippen molar-refractivity contribution in [3.05, 3.63) is 60.2 Å². The molecular weight excluding hydrogens is 316 g/mol. The third-order valence-corrected chi connectivity index (χ3v) is 3.81. The van der Waals surface area contributed by atoms with E-state index >= 15 is 0 Å². The molecule has 7 nitrogen and oxygen atoms in total. The van der Waals surface area contributed by atoms with Crippen molar-refractivity contribution < 1.29 is 10.5 Å². The van der Waals surface area contributed by atoms with E-state index in [1.54, 1.807) is 0 Å². The fourth-order valence-corrected chi connectivity index (χ4v) is 2.55. The summed E-state index contributed by atoms with van der Waals surface area (Å²) in [5.41, 5.74) is 3.25. The second-order valence-electron chi connectivity index (χ2n) is 5.91. The normalized spacial score (nSPS) is 16.6. The van der Waals surface area contributed by atoms with Crippen LogP contribution in [0.25, 0.3) is 0 Å². The molecule has 2 aromatic rings. The maximum Gasteiger partial charge on any atom is 0.301 e. The van der Waals surface area contributed by atoms with Crippen LogP contribution in [-0.2, 0) is 6.42 Å². The predicted octanol–water partition coefficient (Wildman–Crippen LogP) is 1.94. The molecule has 2 aromatic carbocycles. The fourth-order valence-electron chi connectivity index (χ4n) is 2.55. The highest BCUT2D eigenvalue weighted by molar-refractivity contribution is 5.80. The molecule has 25 heavy (non-hydrogen) atoms. The monoisotopic (exact) mass is 340 g/mol. The Morgan fingerprint density at radius 3 is 2.44 bits per heavy atom. The number of anilines is 1. The van der Waals surface area contributed by atoms with Crippen LogP contribution in [0.3, 0.4) is 0 Å². The Bertz CT molecular complexity index is 714.